The summed E-state index contributed by atoms with van der Waals surface area (Å²) in [7, 11) is 0. The second kappa shape index (κ2) is 3.62. The van der Waals surface area contributed by atoms with Crippen LogP contribution in [0.25, 0.3) is 0 Å². The topological polar surface area (TPSA) is 77.0 Å². The fraction of sp³-hybridized carbons (Fsp3) is 0.923. The molecule has 4 rings (SSSR count). The van der Waals surface area contributed by atoms with Crippen molar-refractivity contribution in [1.82, 2.24) is 5.32 Å². The number of carbonyl (C=O) groups is 1. The third-order valence-electron chi connectivity index (χ3n) is 4.23. The Morgan fingerprint density at radius 2 is 2.00 bits per heavy atom. The quantitative estimate of drug-likeness (QED) is 0.768. The maximum atomic E-state index is 12.0. The summed E-state index contributed by atoms with van der Waals surface area (Å²) in [6.45, 7) is 6.39. The van der Waals surface area contributed by atoms with Crippen LogP contribution in [0.15, 0.2) is 0 Å². The maximum Gasteiger partial charge on any atom is 0.408 e. The normalized spacial score (nSPS) is 38.5. The first-order valence-electron chi connectivity index (χ1n) is 6.64. The van der Waals surface area contributed by atoms with Crippen molar-refractivity contribution in [3.63, 3.8) is 0 Å². The van der Waals surface area contributed by atoms with Gasteiger partial charge in [0.05, 0.1) is 31.0 Å². The molecule has 2 bridgehead atoms. The lowest BCUT2D eigenvalue weighted by atomic mass is 9.61. The van der Waals surface area contributed by atoms with Gasteiger partial charge in [-0.15, -0.1) is 0 Å². The molecule has 1 aliphatic carbocycles. The number of aliphatic hydroxyl groups excluding tert-OH is 1. The smallest absolute Gasteiger partial charge is 0.408 e. The molecule has 3 saturated heterocycles. The zero-order valence-electron chi connectivity index (χ0n) is 11.6. The zero-order valence-corrected chi connectivity index (χ0v) is 11.6. The van der Waals surface area contributed by atoms with E-state index in [-0.39, 0.29) is 6.61 Å². The Labute approximate surface area is 112 Å². The molecule has 4 aliphatic rings. The summed E-state index contributed by atoms with van der Waals surface area (Å²) >= 11 is 0. The van der Waals surface area contributed by atoms with Crippen LogP contribution in [-0.2, 0) is 14.2 Å². The van der Waals surface area contributed by atoms with Crippen LogP contribution in [0.5, 0.6) is 0 Å². The predicted octanol–water partition coefficient (Wildman–Crippen LogP) is 0.574. The van der Waals surface area contributed by atoms with E-state index in [0.29, 0.717) is 26.1 Å². The van der Waals surface area contributed by atoms with Gasteiger partial charge in [-0.3, -0.25) is 0 Å². The molecule has 2 N–H and O–H groups in total. The van der Waals surface area contributed by atoms with Gasteiger partial charge < -0.3 is 24.6 Å². The molecular formula is C13H21NO5. The van der Waals surface area contributed by atoms with E-state index in [0.717, 1.165) is 0 Å². The molecule has 1 spiro atoms. The highest BCUT2D eigenvalue weighted by atomic mass is 16.6. The number of carbonyl (C=O) groups excluding carboxylic acids is 1. The zero-order chi connectivity index (χ0) is 13.9. The van der Waals surface area contributed by atoms with Gasteiger partial charge >= 0.3 is 6.09 Å². The summed E-state index contributed by atoms with van der Waals surface area (Å²) in [5, 5.41) is 12.4. The first-order chi connectivity index (χ1) is 8.74. The number of alkyl carbamates (subject to hydrolysis) is 1. The van der Waals surface area contributed by atoms with Gasteiger partial charge in [-0.1, -0.05) is 0 Å². The van der Waals surface area contributed by atoms with Crippen molar-refractivity contribution in [1.29, 1.82) is 0 Å². The highest BCUT2D eigenvalue weighted by Crippen LogP contribution is 2.62. The van der Waals surface area contributed by atoms with Gasteiger partial charge in [0.15, 0.2) is 0 Å². The highest BCUT2D eigenvalue weighted by Gasteiger charge is 2.78. The Morgan fingerprint density at radius 3 is 2.42 bits per heavy atom. The average Bonchev–Trinajstić information content (AvgIpc) is 2.59. The Hall–Kier alpha value is -0.850. The predicted molar refractivity (Wildman–Crippen MR) is 65.8 cm³/mol. The average molecular weight is 271 g/mol. The first-order valence-corrected chi connectivity index (χ1v) is 6.64. The van der Waals surface area contributed by atoms with Gasteiger partial charge in [0, 0.05) is 12.8 Å². The summed E-state index contributed by atoms with van der Waals surface area (Å²) in [5.74, 6) is 0. The number of ether oxygens (including phenoxy) is 3. The van der Waals surface area contributed by atoms with Crippen LogP contribution >= 0.6 is 0 Å². The fourth-order valence-corrected chi connectivity index (χ4v) is 3.42. The van der Waals surface area contributed by atoms with Gasteiger partial charge in [0.1, 0.15) is 11.2 Å². The molecule has 6 nitrogen and oxygen atoms in total. The van der Waals surface area contributed by atoms with E-state index in [9.17, 15) is 9.90 Å². The number of hydrogen-bond acceptors (Lipinski definition) is 5. The lowest BCUT2D eigenvalue weighted by molar-refractivity contribution is -0.212. The minimum absolute atomic E-state index is 0.0213. The molecule has 1 saturated carbocycles. The largest absolute Gasteiger partial charge is 0.444 e. The van der Waals surface area contributed by atoms with Gasteiger partial charge in [-0.05, 0) is 20.8 Å². The molecule has 3 heterocycles. The minimum Gasteiger partial charge on any atom is -0.444 e. The standard InChI is InChI=1S/C13H21NO5/c1-10(2,3)18-9(16)14-12-4-11(5-12,6-15)19-13(12)7-17-8-13/h15H,4-8H2,1-3H3,(H,14,16). The summed E-state index contributed by atoms with van der Waals surface area (Å²) in [6.07, 6.45) is 0.814. The molecule has 0 aromatic rings. The van der Waals surface area contributed by atoms with Crippen molar-refractivity contribution >= 4 is 6.09 Å². The fourth-order valence-electron chi connectivity index (χ4n) is 3.42. The number of hydrogen-bond donors (Lipinski definition) is 2. The highest BCUT2D eigenvalue weighted by molar-refractivity contribution is 5.70. The SMILES string of the molecule is CC(C)(C)OC(=O)NC12CC(CO)(C1)OC21COC1. The Kier molecular flexibility index (Phi) is 2.51. The van der Waals surface area contributed by atoms with Crippen LogP contribution in [0.2, 0.25) is 0 Å². The molecule has 1 amide bonds. The summed E-state index contributed by atoms with van der Waals surface area (Å²) in [6, 6.07) is 0. The number of nitrogens with one attached hydrogen (secondary N) is 1. The van der Waals surface area contributed by atoms with Crippen LogP contribution in [0.1, 0.15) is 33.6 Å². The van der Waals surface area contributed by atoms with E-state index in [4.69, 9.17) is 14.2 Å². The third kappa shape index (κ3) is 1.77. The maximum absolute atomic E-state index is 12.0. The number of rotatable bonds is 2. The summed E-state index contributed by atoms with van der Waals surface area (Å²) in [4.78, 5) is 12.0. The number of amides is 1. The van der Waals surface area contributed by atoms with Gasteiger partial charge in [-0.25, -0.2) is 4.79 Å². The Bertz CT molecular complexity index is 404. The molecular weight excluding hydrogens is 250 g/mol. The van der Waals surface area contributed by atoms with Crippen molar-refractivity contribution in [2.24, 2.45) is 0 Å². The van der Waals surface area contributed by atoms with Crippen LogP contribution in [0.3, 0.4) is 0 Å². The second-order valence-corrected chi connectivity index (χ2v) is 6.99. The molecule has 108 valence electrons. The van der Waals surface area contributed by atoms with Crippen molar-refractivity contribution in [3.8, 4) is 0 Å². The Morgan fingerprint density at radius 1 is 1.37 bits per heavy atom. The van der Waals surface area contributed by atoms with E-state index < -0.39 is 28.4 Å². The molecule has 0 aromatic heterocycles. The summed E-state index contributed by atoms with van der Waals surface area (Å²) in [5.41, 5.74) is -1.96. The van der Waals surface area contributed by atoms with Crippen LogP contribution in [-0.4, -0.2) is 53.4 Å². The molecule has 0 unspecified atom stereocenters. The van der Waals surface area contributed by atoms with Crippen LogP contribution in [0, 0.1) is 0 Å². The van der Waals surface area contributed by atoms with Gasteiger partial charge in [0.2, 0.25) is 0 Å². The van der Waals surface area contributed by atoms with Crippen molar-refractivity contribution < 1.29 is 24.1 Å². The van der Waals surface area contributed by atoms with Gasteiger partial charge in [0.25, 0.3) is 0 Å². The lowest BCUT2D eigenvalue weighted by Crippen LogP contribution is -2.72. The van der Waals surface area contributed by atoms with Crippen LogP contribution in [0.4, 0.5) is 4.79 Å². The molecule has 6 heteroatoms. The van der Waals surface area contributed by atoms with E-state index in [1.807, 2.05) is 20.8 Å². The first kappa shape index (κ1) is 13.1. The molecule has 0 atom stereocenters. The molecule has 0 aromatic carbocycles. The molecule has 4 fully saturated rings. The van der Waals surface area contributed by atoms with Crippen molar-refractivity contribution in [2.45, 2.75) is 56.0 Å². The monoisotopic (exact) mass is 271 g/mol. The number of aliphatic hydroxyl groups is 1. The van der Waals surface area contributed by atoms with E-state index in [1.54, 1.807) is 0 Å². The molecule has 3 aliphatic heterocycles. The summed E-state index contributed by atoms with van der Waals surface area (Å²) < 4.78 is 16.5. The van der Waals surface area contributed by atoms with E-state index >= 15 is 0 Å². The molecule has 0 radical (unpaired) electrons. The van der Waals surface area contributed by atoms with Gasteiger partial charge in [-0.2, -0.15) is 0 Å². The minimum atomic E-state index is -0.527. The van der Waals surface area contributed by atoms with E-state index in [1.165, 1.54) is 0 Å². The lowest BCUT2D eigenvalue weighted by Gasteiger charge is -2.50. The molecule has 19 heavy (non-hydrogen) atoms. The third-order valence-corrected chi connectivity index (χ3v) is 4.23. The van der Waals surface area contributed by atoms with Crippen molar-refractivity contribution in [2.75, 3.05) is 19.8 Å². The van der Waals surface area contributed by atoms with Crippen LogP contribution < -0.4 is 5.32 Å². The van der Waals surface area contributed by atoms with Crippen molar-refractivity contribution in [3.05, 3.63) is 0 Å². The van der Waals surface area contributed by atoms with E-state index in [2.05, 4.69) is 5.32 Å². The Balaban J connectivity index is 1.72. The second-order valence-electron chi connectivity index (χ2n) is 6.99.